The van der Waals surface area contributed by atoms with E-state index in [-0.39, 0.29) is 11.5 Å². The Balaban J connectivity index is 1.81. The molecule has 3 rings (SSSR count). The minimum Gasteiger partial charge on any atom is -0.324 e. The second kappa shape index (κ2) is 4.07. The Hall–Kier alpha value is -0.870. The van der Waals surface area contributed by atoms with Crippen LogP contribution in [0.5, 0.6) is 0 Å². The number of hydrogen-bond acceptors (Lipinski definition) is 3. The maximum absolute atomic E-state index is 11.5. The van der Waals surface area contributed by atoms with Crippen LogP contribution in [0.3, 0.4) is 0 Å². The Labute approximate surface area is 108 Å². The molecule has 1 saturated heterocycles. The van der Waals surface area contributed by atoms with Gasteiger partial charge in [-0.3, -0.25) is 0 Å². The van der Waals surface area contributed by atoms with Crippen LogP contribution in [0.1, 0.15) is 29.5 Å². The molecule has 4 heteroatoms. The molecule has 0 radical (unpaired) electrons. The van der Waals surface area contributed by atoms with Crippen molar-refractivity contribution in [3.05, 3.63) is 34.9 Å². The summed E-state index contributed by atoms with van der Waals surface area (Å²) in [5.74, 6) is 0.380. The van der Waals surface area contributed by atoms with E-state index in [0.717, 1.165) is 6.42 Å². The molecule has 0 saturated carbocycles. The Morgan fingerprint density at radius 2 is 2.00 bits per heavy atom. The van der Waals surface area contributed by atoms with E-state index in [9.17, 15) is 8.42 Å². The third-order valence-corrected chi connectivity index (χ3v) is 5.98. The molecule has 1 aromatic carbocycles. The highest BCUT2D eigenvalue weighted by Gasteiger charge is 2.38. The minimum atomic E-state index is -2.91. The number of sulfone groups is 1. The standard InChI is InChI=1S/C14H19NO2S/c15-14(6-7-18(16,17)10-14)9-11-4-5-12-2-1-3-13(12)8-11/h4-5,8H,1-3,6-7,9-10,15H2. The molecule has 3 nitrogen and oxygen atoms in total. The molecule has 0 aromatic heterocycles. The maximum Gasteiger partial charge on any atom is 0.152 e. The highest BCUT2D eigenvalue weighted by molar-refractivity contribution is 7.91. The van der Waals surface area contributed by atoms with E-state index >= 15 is 0 Å². The topological polar surface area (TPSA) is 60.2 Å². The van der Waals surface area contributed by atoms with Gasteiger partial charge in [-0.05, 0) is 48.8 Å². The summed E-state index contributed by atoms with van der Waals surface area (Å²) in [7, 11) is -2.91. The summed E-state index contributed by atoms with van der Waals surface area (Å²) in [6.45, 7) is 0. The van der Waals surface area contributed by atoms with E-state index in [1.807, 2.05) is 0 Å². The molecule has 0 amide bonds. The number of benzene rings is 1. The van der Waals surface area contributed by atoms with Gasteiger partial charge in [0.15, 0.2) is 9.84 Å². The summed E-state index contributed by atoms with van der Waals surface area (Å²) in [4.78, 5) is 0. The van der Waals surface area contributed by atoms with Crippen LogP contribution in [0.2, 0.25) is 0 Å². The Morgan fingerprint density at radius 1 is 1.22 bits per heavy atom. The van der Waals surface area contributed by atoms with Crippen molar-refractivity contribution in [3.63, 3.8) is 0 Å². The minimum absolute atomic E-state index is 0.136. The van der Waals surface area contributed by atoms with Crippen LogP contribution in [0, 0.1) is 0 Å². The van der Waals surface area contributed by atoms with Crippen LogP contribution in [-0.4, -0.2) is 25.5 Å². The van der Waals surface area contributed by atoms with Gasteiger partial charge in [-0.1, -0.05) is 18.2 Å². The Morgan fingerprint density at radius 3 is 2.72 bits per heavy atom. The Bertz CT molecular complexity index is 579. The van der Waals surface area contributed by atoms with Crippen molar-refractivity contribution in [1.82, 2.24) is 0 Å². The van der Waals surface area contributed by atoms with Crippen LogP contribution in [-0.2, 0) is 29.1 Å². The molecule has 0 spiro atoms. The fourth-order valence-corrected chi connectivity index (χ4v) is 5.21. The maximum atomic E-state index is 11.5. The summed E-state index contributed by atoms with van der Waals surface area (Å²) in [5.41, 5.74) is 9.75. The van der Waals surface area contributed by atoms with E-state index in [4.69, 9.17) is 5.73 Å². The van der Waals surface area contributed by atoms with Crippen molar-refractivity contribution < 1.29 is 8.42 Å². The number of hydrogen-bond donors (Lipinski definition) is 1. The van der Waals surface area contributed by atoms with Crippen LogP contribution in [0.4, 0.5) is 0 Å². The van der Waals surface area contributed by atoms with Gasteiger partial charge < -0.3 is 5.73 Å². The quantitative estimate of drug-likeness (QED) is 0.875. The van der Waals surface area contributed by atoms with E-state index < -0.39 is 15.4 Å². The molecular formula is C14H19NO2S. The second-order valence-electron chi connectivity index (χ2n) is 5.84. The van der Waals surface area contributed by atoms with E-state index in [1.54, 1.807) is 0 Å². The van der Waals surface area contributed by atoms with Crippen LogP contribution in [0.15, 0.2) is 18.2 Å². The molecule has 1 aliphatic carbocycles. The normalized spacial score (nSPS) is 29.4. The lowest BCUT2D eigenvalue weighted by molar-refractivity contribution is 0.476. The molecule has 1 heterocycles. The summed E-state index contributed by atoms with van der Waals surface area (Å²) < 4.78 is 23.1. The lowest BCUT2D eigenvalue weighted by Gasteiger charge is -2.22. The second-order valence-corrected chi connectivity index (χ2v) is 8.02. The van der Waals surface area contributed by atoms with Gasteiger partial charge in [0.25, 0.3) is 0 Å². The van der Waals surface area contributed by atoms with Gasteiger partial charge in [-0.2, -0.15) is 0 Å². The van der Waals surface area contributed by atoms with Gasteiger partial charge in [-0.25, -0.2) is 8.42 Å². The molecular weight excluding hydrogens is 246 g/mol. The van der Waals surface area contributed by atoms with Crippen molar-refractivity contribution in [2.24, 2.45) is 5.73 Å². The monoisotopic (exact) mass is 265 g/mol. The molecule has 1 aliphatic heterocycles. The largest absolute Gasteiger partial charge is 0.324 e. The van der Waals surface area contributed by atoms with Gasteiger partial charge in [0.2, 0.25) is 0 Å². The molecule has 1 aromatic rings. The van der Waals surface area contributed by atoms with Gasteiger partial charge in [0, 0.05) is 5.54 Å². The van der Waals surface area contributed by atoms with Gasteiger partial charge in [0.05, 0.1) is 11.5 Å². The first-order chi connectivity index (χ1) is 8.46. The lowest BCUT2D eigenvalue weighted by Crippen LogP contribution is -2.43. The van der Waals surface area contributed by atoms with Crippen molar-refractivity contribution in [2.45, 2.75) is 37.6 Å². The fourth-order valence-electron chi connectivity index (χ4n) is 3.22. The molecule has 1 atom stereocenters. The first-order valence-corrected chi connectivity index (χ1v) is 8.38. The lowest BCUT2D eigenvalue weighted by atomic mass is 9.90. The average Bonchev–Trinajstić information content (AvgIpc) is 2.82. The molecule has 0 bridgehead atoms. The van der Waals surface area contributed by atoms with Crippen molar-refractivity contribution in [2.75, 3.05) is 11.5 Å². The fraction of sp³-hybridized carbons (Fsp3) is 0.571. The number of rotatable bonds is 2. The summed E-state index contributed by atoms with van der Waals surface area (Å²) in [5, 5.41) is 0. The summed E-state index contributed by atoms with van der Waals surface area (Å²) in [6.07, 6.45) is 4.84. The predicted molar refractivity (Wildman–Crippen MR) is 72.4 cm³/mol. The molecule has 2 N–H and O–H groups in total. The number of aryl methyl sites for hydroxylation is 2. The van der Waals surface area contributed by atoms with Crippen molar-refractivity contribution in [3.8, 4) is 0 Å². The van der Waals surface area contributed by atoms with Crippen molar-refractivity contribution >= 4 is 9.84 Å². The Kier molecular flexibility index (Phi) is 2.75. The van der Waals surface area contributed by atoms with E-state index in [1.165, 1.54) is 29.5 Å². The van der Waals surface area contributed by atoms with E-state index in [0.29, 0.717) is 12.8 Å². The van der Waals surface area contributed by atoms with Crippen LogP contribution in [0.25, 0.3) is 0 Å². The van der Waals surface area contributed by atoms with Crippen LogP contribution >= 0.6 is 0 Å². The molecule has 18 heavy (non-hydrogen) atoms. The highest BCUT2D eigenvalue weighted by Crippen LogP contribution is 2.28. The average molecular weight is 265 g/mol. The number of fused-ring (bicyclic) bond motifs is 1. The smallest absolute Gasteiger partial charge is 0.152 e. The zero-order valence-corrected chi connectivity index (χ0v) is 11.3. The predicted octanol–water partition coefficient (Wildman–Crippen LogP) is 1.23. The third-order valence-electron chi connectivity index (χ3n) is 4.14. The molecule has 98 valence electrons. The van der Waals surface area contributed by atoms with Crippen molar-refractivity contribution in [1.29, 1.82) is 0 Å². The summed E-state index contributed by atoms with van der Waals surface area (Å²) >= 11 is 0. The van der Waals surface area contributed by atoms with Crippen LogP contribution < -0.4 is 5.73 Å². The summed E-state index contributed by atoms with van der Waals surface area (Å²) in [6, 6.07) is 6.52. The highest BCUT2D eigenvalue weighted by atomic mass is 32.2. The first-order valence-electron chi connectivity index (χ1n) is 6.56. The third kappa shape index (κ3) is 2.31. The SMILES string of the molecule is NC1(Cc2ccc3c(c2)CCC3)CCS(=O)(=O)C1. The molecule has 1 fully saturated rings. The number of nitrogens with two attached hydrogens (primary N) is 1. The molecule has 2 aliphatic rings. The van der Waals surface area contributed by atoms with Gasteiger partial charge >= 0.3 is 0 Å². The van der Waals surface area contributed by atoms with E-state index in [2.05, 4.69) is 18.2 Å². The first kappa shape index (κ1) is 12.2. The van der Waals surface area contributed by atoms with Gasteiger partial charge in [0.1, 0.15) is 0 Å². The zero-order chi connectivity index (χ0) is 12.8. The zero-order valence-electron chi connectivity index (χ0n) is 10.5. The molecule has 1 unspecified atom stereocenters. The van der Waals surface area contributed by atoms with Gasteiger partial charge in [-0.15, -0.1) is 0 Å².